The third kappa shape index (κ3) is 32.1. The molecule has 0 aromatic heterocycles. The molecule has 1 unspecified atom stereocenters. The van der Waals surface area contributed by atoms with E-state index < -0.39 is 0 Å². The van der Waals surface area contributed by atoms with E-state index in [4.69, 9.17) is 0 Å². The molecule has 0 bridgehead atoms. The van der Waals surface area contributed by atoms with Crippen LogP contribution in [0.4, 0.5) is 0 Å². The molecule has 1 heteroatoms. The summed E-state index contributed by atoms with van der Waals surface area (Å²) in [6.45, 7) is 7.31. The molecule has 0 saturated heterocycles. The summed E-state index contributed by atoms with van der Waals surface area (Å²) in [6, 6.07) is 0. The zero-order chi connectivity index (χ0) is 27.1. The zero-order valence-corrected chi connectivity index (χ0v) is 26.5. The Morgan fingerprint density at radius 2 is 0.622 bits per heavy atom. The number of aliphatic hydroxyl groups is 1. The van der Waals surface area contributed by atoms with Crippen molar-refractivity contribution in [2.45, 2.75) is 213 Å². The second-order valence-electron chi connectivity index (χ2n) is 13.0. The Bertz CT molecular complexity index is 390. The summed E-state index contributed by atoms with van der Waals surface area (Å²) in [5, 5.41) is 9.58. The first-order valence-corrected chi connectivity index (χ1v) is 17.8. The lowest BCUT2D eigenvalue weighted by atomic mass is 9.94. The van der Waals surface area contributed by atoms with Crippen LogP contribution in [-0.4, -0.2) is 11.7 Å². The van der Waals surface area contributed by atoms with Crippen molar-refractivity contribution in [3.8, 4) is 0 Å². The molecule has 1 N–H and O–H groups in total. The first-order chi connectivity index (χ1) is 18.2. The molecule has 1 atom stereocenters. The standard InChI is InChI=1S/C36H74O/c1-4-5-6-7-8-9-10-11-12-13-14-15-16-17-18-19-20-21-22-23-24-25-26-27-28-29-32-36(34-37)33-30-31-35(2)3/h35-37H,4-34H2,1-3H3. The third-order valence-electron chi connectivity index (χ3n) is 8.62. The maximum Gasteiger partial charge on any atom is 0.0459 e. The van der Waals surface area contributed by atoms with Gasteiger partial charge in [-0.3, -0.25) is 0 Å². The Kier molecular flexibility index (Phi) is 32.1. The molecule has 1 nitrogen and oxygen atoms in total. The van der Waals surface area contributed by atoms with Crippen LogP contribution in [0.15, 0.2) is 0 Å². The van der Waals surface area contributed by atoms with E-state index in [1.54, 1.807) is 0 Å². The summed E-state index contributed by atoms with van der Waals surface area (Å²) in [5.74, 6) is 1.37. The van der Waals surface area contributed by atoms with Gasteiger partial charge in [0.25, 0.3) is 0 Å². The van der Waals surface area contributed by atoms with Gasteiger partial charge in [0.15, 0.2) is 0 Å². The lowest BCUT2D eigenvalue weighted by Gasteiger charge is -2.14. The first kappa shape index (κ1) is 37.0. The number of rotatable bonds is 32. The van der Waals surface area contributed by atoms with Gasteiger partial charge in [-0.25, -0.2) is 0 Å². The Morgan fingerprint density at radius 3 is 0.892 bits per heavy atom. The van der Waals surface area contributed by atoms with Crippen LogP contribution in [0.1, 0.15) is 213 Å². The molecule has 0 amide bonds. The van der Waals surface area contributed by atoms with Gasteiger partial charge in [-0.05, 0) is 24.7 Å². The van der Waals surface area contributed by atoms with Crippen LogP contribution in [0.2, 0.25) is 0 Å². The molecule has 0 aromatic carbocycles. The molecule has 0 aromatic rings. The highest BCUT2D eigenvalue weighted by molar-refractivity contribution is 4.60. The van der Waals surface area contributed by atoms with Crippen LogP contribution in [0.5, 0.6) is 0 Å². The van der Waals surface area contributed by atoms with E-state index in [0.717, 1.165) is 5.92 Å². The molecule has 0 aliphatic rings. The predicted octanol–water partition coefficient (Wildman–Crippen LogP) is 13.0. The monoisotopic (exact) mass is 523 g/mol. The lowest BCUT2D eigenvalue weighted by molar-refractivity contribution is 0.203. The van der Waals surface area contributed by atoms with Gasteiger partial charge in [-0.1, -0.05) is 201 Å². The minimum absolute atomic E-state index is 0.400. The van der Waals surface area contributed by atoms with Gasteiger partial charge in [-0.2, -0.15) is 0 Å². The maximum absolute atomic E-state index is 9.58. The molecule has 0 radical (unpaired) electrons. The SMILES string of the molecule is CCCCCCCCCCCCCCCCCCCCCCCCCCCCC(CO)CCCC(C)C. The smallest absolute Gasteiger partial charge is 0.0459 e. The molecular weight excluding hydrogens is 448 g/mol. The van der Waals surface area contributed by atoms with Crippen molar-refractivity contribution in [2.75, 3.05) is 6.61 Å². The van der Waals surface area contributed by atoms with E-state index >= 15 is 0 Å². The van der Waals surface area contributed by atoms with Gasteiger partial charge in [0.2, 0.25) is 0 Å². The highest BCUT2D eigenvalue weighted by Gasteiger charge is 2.07. The molecule has 224 valence electrons. The summed E-state index contributed by atoms with van der Waals surface area (Å²) >= 11 is 0. The molecular formula is C36H74O. The minimum Gasteiger partial charge on any atom is -0.396 e. The molecule has 0 heterocycles. The summed E-state index contributed by atoms with van der Waals surface area (Å²) in [5.41, 5.74) is 0. The predicted molar refractivity (Wildman–Crippen MR) is 170 cm³/mol. The van der Waals surface area contributed by atoms with Crippen LogP contribution >= 0.6 is 0 Å². The van der Waals surface area contributed by atoms with Crippen molar-refractivity contribution in [2.24, 2.45) is 11.8 Å². The van der Waals surface area contributed by atoms with Gasteiger partial charge in [0.1, 0.15) is 0 Å². The van der Waals surface area contributed by atoms with Gasteiger partial charge in [0, 0.05) is 6.61 Å². The zero-order valence-electron chi connectivity index (χ0n) is 26.5. The van der Waals surface area contributed by atoms with Crippen molar-refractivity contribution in [3.05, 3.63) is 0 Å². The van der Waals surface area contributed by atoms with Crippen LogP contribution in [0, 0.1) is 11.8 Å². The molecule has 0 aliphatic carbocycles. The summed E-state index contributed by atoms with van der Waals surface area (Å²) in [7, 11) is 0. The highest BCUT2D eigenvalue weighted by atomic mass is 16.3. The van der Waals surface area contributed by atoms with Crippen molar-refractivity contribution < 1.29 is 5.11 Å². The van der Waals surface area contributed by atoms with Crippen molar-refractivity contribution >= 4 is 0 Å². The average molecular weight is 523 g/mol. The number of unbranched alkanes of at least 4 members (excludes halogenated alkanes) is 25. The fourth-order valence-corrected chi connectivity index (χ4v) is 5.89. The molecule has 0 spiro atoms. The van der Waals surface area contributed by atoms with E-state index in [0.29, 0.717) is 12.5 Å². The quantitative estimate of drug-likeness (QED) is 0.0871. The first-order valence-electron chi connectivity index (χ1n) is 17.8. The number of hydrogen-bond donors (Lipinski definition) is 1. The molecule has 0 saturated carbocycles. The van der Waals surface area contributed by atoms with Gasteiger partial charge in [-0.15, -0.1) is 0 Å². The second kappa shape index (κ2) is 32.2. The largest absolute Gasteiger partial charge is 0.396 e. The van der Waals surface area contributed by atoms with E-state index in [2.05, 4.69) is 20.8 Å². The highest BCUT2D eigenvalue weighted by Crippen LogP contribution is 2.20. The van der Waals surface area contributed by atoms with Crippen LogP contribution in [0.3, 0.4) is 0 Å². The Morgan fingerprint density at radius 1 is 0.351 bits per heavy atom. The van der Waals surface area contributed by atoms with E-state index in [-0.39, 0.29) is 0 Å². The maximum atomic E-state index is 9.58. The van der Waals surface area contributed by atoms with Gasteiger partial charge >= 0.3 is 0 Å². The van der Waals surface area contributed by atoms with Crippen LogP contribution in [0.25, 0.3) is 0 Å². The van der Waals surface area contributed by atoms with E-state index in [9.17, 15) is 5.11 Å². The van der Waals surface area contributed by atoms with Crippen molar-refractivity contribution in [1.29, 1.82) is 0 Å². The summed E-state index contributed by atoms with van der Waals surface area (Å²) < 4.78 is 0. The van der Waals surface area contributed by atoms with E-state index in [1.807, 2.05) is 0 Å². The molecule has 0 aliphatic heterocycles. The Hall–Kier alpha value is -0.0400. The van der Waals surface area contributed by atoms with Crippen molar-refractivity contribution in [3.63, 3.8) is 0 Å². The fourth-order valence-electron chi connectivity index (χ4n) is 5.89. The second-order valence-corrected chi connectivity index (χ2v) is 13.0. The van der Waals surface area contributed by atoms with Crippen LogP contribution < -0.4 is 0 Å². The van der Waals surface area contributed by atoms with E-state index in [1.165, 1.54) is 193 Å². The number of hydrogen-bond acceptors (Lipinski definition) is 1. The van der Waals surface area contributed by atoms with Gasteiger partial charge in [0.05, 0.1) is 0 Å². The molecule has 37 heavy (non-hydrogen) atoms. The van der Waals surface area contributed by atoms with Crippen LogP contribution in [-0.2, 0) is 0 Å². The summed E-state index contributed by atoms with van der Waals surface area (Å²) in [6.07, 6.45) is 42.9. The lowest BCUT2D eigenvalue weighted by Crippen LogP contribution is -2.06. The topological polar surface area (TPSA) is 20.2 Å². The number of aliphatic hydroxyl groups excluding tert-OH is 1. The molecule has 0 rings (SSSR count). The molecule has 0 fully saturated rings. The Balaban J connectivity index is 3.14. The normalized spacial score (nSPS) is 12.6. The van der Waals surface area contributed by atoms with Gasteiger partial charge < -0.3 is 5.11 Å². The Labute approximate surface area is 236 Å². The minimum atomic E-state index is 0.400. The fraction of sp³-hybridized carbons (Fsp3) is 1.00. The average Bonchev–Trinajstić information content (AvgIpc) is 2.89. The van der Waals surface area contributed by atoms with Crippen molar-refractivity contribution in [1.82, 2.24) is 0 Å². The third-order valence-corrected chi connectivity index (χ3v) is 8.62. The summed E-state index contributed by atoms with van der Waals surface area (Å²) in [4.78, 5) is 0.